The summed E-state index contributed by atoms with van der Waals surface area (Å²) in [5.41, 5.74) is 6.60. The predicted octanol–water partition coefficient (Wildman–Crippen LogP) is 2.26. The Morgan fingerprint density at radius 1 is 1.26 bits per heavy atom. The molecule has 1 aliphatic rings. The lowest BCUT2D eigenvalue weighted by atomic mass is 9.92. The van der Waals surface area contributed by atoms with Gasteiger partial charge in [-0.25, -0.2) is 0 Å². The van der Waals surface area contributed by atoms with Gasteiger partial charge in [-0.2, -0.15) is 0 Å². The molecule has 0 bridgehead atoms. The summed E-state index contributed by atoms with van der Waals surface area (Å²) in [6.45, 7) is 3.92. The van der Waals surface area contributed by atoms with E-state index in [2.05, 4.69) is 6.92 Å². The Bertz CT molecular complexity index is 408. The van der Waals surface area contributed by atoms with Gasteiger partial charge in [-0.15, -0.1) is 0 Å². The summed E-state index contributed by atoms with van der Waals surface area (Å²) in [7, 11) is 0. The van der Waals surface area contributed by atoms with Crippen LogP contribution in [0.5, 0.6) is 11.5 Å². The monoisotopic (exact) mass is 265 g/mol. The van der Waals surface area contributed by atoms with Crippen LogP contribution in [-0.2, 0) is 0 Å². The lowest BCUT2D eigenvalue weighted by Gasteiger charge is -2.22. The van der Waals surface area contributed by atoms with Gasteiger partial charge in [0.1, 0.15) is 0 Å². The van der Waals surface area contributed by atoms with Crippen LogP contribution in [0.4, 0.5) is 0 Å². The normalized spacial score (nSPS) is 17.6. The topological polar surface area (TPSA) is 64.7 Å². The fraction of sp³-hybridized carbons (Fsp3) is 0.600. The van der Waals surface area contributed by atoms with Crippen LogP contribution in [0.25, 0.3) is 0 Å². The van der Waals surface area contributed by atoms with Crippen LogP contribution in [0.3, 0.4) is 0 Å². The first-order chi connectivity index (χ1) is 9.26. The number of aliphatic hydroxyl groups excluding tert-OH is 1. The maximum atomic E-state index is 10.4. The minimum atomic E-state index is -0.540. The summed E-state index contributed by atoms with van der Waals surface area (Å²) in [5, 5.41) is 10.4. The van der Waals surface area contributed by atoms with Crippen LogP contribution in [0, 0.1) is 5.92 Å². The van der Waals surface area contributed by atoms with Gasteiger partial charge in [-0.3, -0.25) is 0 Å². The third-order valence-corrected chi connectivity index (χ3v) is 3.52. The summed E-state index contributed by atoms with van der Waals surface area (Å²) in [5.74, 6) is 1.57. The first-order valence-electron chi connectivity index (χ1n) is 7.04. The average Bonchev–Trinajstić information content (AvgIpc) is 2.68. The van der Waals surface area contributed by atoms with Crippen molar-refractivity contribution >= 4 is 0 Å². The van der Waals surface area contributed by atoms with Gasteiger partial charge in [0.05, 0.1) is 19.3 Å². The highest BCUT2D eigenvalue weighted by molar-refractivity contribution is 5.44. The van der Waals surface area contributed by atoms with Gasteiger partial charge in [0.2, 0.25) is 0 Å². The van der Waals surface area contributed by atoms with Crippen molar-refractivity contribution in [1.29, 1.82) is 0 Å². The summed E-state index contributed by atoms with van der Waals surface area (Å²) < 4.78 is 11.2. The molecule has 0 fully saturated rings. The summed E-state index contributed by atoms with van der Waals surface area (Å²) >= 11 is 0. The number of aliphatic hydroxyl groups is 1. The molecule has 1 aliphatic heterocycles. The fourth-order valence-electron chi connectivity index (χ4n) is 2.41. The van der Waals surface area contributed by atoms with E-state index in [4.69, 9.17) is 15.2 Å². The highest BCUT2D eigenvalue weighted by Gasteiger charge is 2.21. The zero-order valence-corrected chi connectivity index (χ0v) is 11.5. The first kappa shape index (κ1) is 14.2. The molecule has 4 heteroatoms. The Morgan fingerprint density at radius 3 is 2.68 bits per heavy atom. The van der Waals surface area contributed by atoms with E-state index in [9.17, 15) is 5.11 Å². The van der Waals surface area contributed by atoms with Crippen LogP contribution in [-0.4, -0.2) is 24.9 Å². The molecule has 0 radical (unpaired) electrons. The largest absolute Gasteiger partial charge is 0.490 e. The molecule has 1 aromatic carbocycles. The van der Waals surface area contributed by atoms with Crippen LogP contribution in [0.15, 0.2) is 18.2 Å². The summed E-state index contributed by atoms with van der Waals surface area (Å²) in [6.07, 6.45) is 2.28. The second-order valence-corrected chi connectivity index (χ2v) is 4.99. The minimum absolute atomic E-state index is 0.0924. The van der Waals surface area contributed by atoms with Crippen molar-refractivity contribution in [2.45, 2.75) is 32.3 Å². The van der Waals surface area contributed by atoms with E-state index in [1.807, 2.05) is 18.2 Å². The van der Waals surface area contributed by atoms with Crippen molar-refractivity contribution in [2.75, 3.05) is 19.8 Å². The van der Waals surface area contributed by atoms with Crippen LogP contribution in [0.2, 0.25) is 0 Å². The van der Waals surface area contributed by atoms with Gasteiger partial charge in [0.25, 0.3) is 0 Å². The highest BCUT2D eigenvalue weighted by Crippen LogP contribution is 2.34. The SMILES string of the molecule is CCCC(CN)C(O)c1ccc2c(c1)OCCCO2. The van der Waals surface area contributed by atoms with E-state index in [0.717, 1.165) is 36.3 Å². The molecule has 0 saturated heterocycles. The number of hydrogen-bond acceptors (Lipinski definition) is 4. The minimum Gasteiger partial charge on any atom is -0.490 e. The van der Waals surface area contributed by atoms with Crippen molar-refractivity contribution in [2.24, 2.45) is 11.7 Å². The van der Waals surface area contributed by atoms with E-state index in [-0.39, 0.29) is 5.92 Å². The van der Waals surface area contributed by atoms with E-state index >= 15 is 0 Å². The quantitative estimate of drug-likeness (QED) is 0.857. The molecule has 4 nitrogen and oxygen atoms in total. The summed E-state index contributed by atoms with van der Waals surface area (Å²) in [4.78, 5) is 0. The first-order valence-corrected chi connectivity index (χ1v) is 7.04. The number of nitrogens with two attached hydrogens (primary N) is 1. The molecular formula is C15H23NO3. The number of rotatable bonds is 5. The van der Waals surface area contributed by atoms with Gasteiger partial charge >= 0.3 is 0 Å². The number of hydrogen-bond donors (Lipinski definition) is 2. The van der Waals surface area contributed by atoms with Gasteiger partial charge in [-0.05, 0) is 30.7 Å². The second kappa shape index (κ2) is 6.78. The number of fused-ring (bicyclic) bond motifs is 1. The Balaban J connectivity index is 2.18. The average molecular weight is 265 g/mol. The van der Waals surface area contributed by atoms with Gasteiger partial charge in [0, 0.05) is 12.3 Å². The highest BCUT2D eigenvalue weighted by atomic mass is 16.5. The Hall–Kier alpha value is -1.26. The molecule has 1 aromatic rings. The lowest BCUT2D eigenvalue weighted by molar-refractivity contribution is 0.106. The molecule has 19 heavy (non-hydrogen) atoms. The molecule has 0 amide bonds. The molecular weight excluding hydrogens is 242 g/mol. The molecule has 0 spiro atoms. The van der Waals surface area contributed by atoms with Crippen molar-refractivity contribution < 1.29 is 14.6 Å². The van der Waals surface area contributed by atoms with E-state index in [1.54, 1.807) is 0 Å². The third kappa shape index (κ3) is 3.39. The zero-order valence-electron chi connectivity index (χ0n) is 11.5. The maximum Gasteiger partial charge on any atom is 0.161 e. The Morgan fingerprint density at radius 2 is 2.00 bits per heavy atom. The van der Waals surface area contributed by atoms with Gasteiger partial charge in [-0.1, -0.05) is 19.4 Å². The van der Waals surface area contributed by atoms with Crippen LogP contribution < -0.4 is 15.2 Å². The molecule has 106 valence electrons. The molecule has 2 rings (SSSR count). The molecule has 2 atom stereocenters. The van der Waals surface area contributed by atoms with Crippen molar-refractivity contribution in [1.82, 2.24) is 0 Å². The van der Waals surface area contributed by atoms with Crippen molar-refractivity contribution in [3.8, 4) is 11.5 Å². The maximum absolute atomic E-state index is 10.4. The van der Waals surface area contributed by atoms with Crippen LogP contribution >= 0.6 is 0 Å². The number of ether oxygens (including phenoxy) is 2. The van der Waals surface area contributed by atoms with E-state index in [0.29, 0.717) is 19.8 Å². The fourth-order valence-corrected chi connectivity index (χ4v) is 2.41. The molecule has 0 aromatic heterocycles. The van der Waals surface area contributed by atoms with Crippen molar-refractivity contribution in [3.63, 3.8) is 0 Å². The Kier molecular flexibility index (Phi) is 5.05. The molecule has 0 saturated carbocycles. The standard InChI is InChI=1S/C15H23NO3/c1-2-4-12(10-16)15(17)11-5-6-13-14(9-11)19-8-3-7-18-13/h5-6,9,12,15,17H,2-4,7-8,10,16H2,1H3. The van der Waals surface area contributed by atoms with Gasteiger partial charge < -0.3 is 20.3 Å². The molecule has 1 heterocycles. The smallest absolute Gasteiger partial charge is 0.161 e. The van der Waals surface area contributed by atoms with E-state index < -0.39 is 6.10 Å². The van der Waals surface area contributed by atoms with Crippen LogP contribution in [0.1, 0.15) is 37.9 Å². The lowest BCUT2D eigenvalue weighted by Crippen LogP contribution is -2.21. The Labute approximate surface area is 114 Å². The zero-order chi connectivity index (χ0) is 13.7. The summed E-state index contributed by atoms with van der Waals surface area (Å²) in [6, 6.07) is 5.65. The predicted molar refractivity (Wildman–Crippen MR) is 74.5 cm³/mol. The number of benzene rings is 1. The van der Waals surface area contributed by atoms with Crippen molar-refractivity contribution in [3.05, 3.63) is 23.8 Å². The van der Waals surface area contributed by atoms with Gasteiger partial charge in [0.15, 0.2) is 11.5 Å². The second-order valence-electron chi connectivity index (χ2n) is 4.99. The third-order valence-electron chi connectivity index (χ3n) is 3.52. The molecule has 0 aliphatic carbocycles. The van der Waals surface area contributed by atoms with E-state index in [1.165, 1.54) is 0 Å². The molecule has 3 N–H and O–H groups in total. The molecule has 2 unspecified atom stereocenters.